The van der Waals surface area contributed by atoms with Crippen LogP contribution in [0.3, 0.4) is 0 Å². The highest BCUT2D eigenvalue weighted by atomic mass is 19.2. The van der Waals surface area contributed by atoms with E-state index in [4.69, 9.17) is 5.11 Å². The van der Waals surface area contributed by atoms with E-state index in [1.165, 1.54) is 4.90 Å². The maximum absolute atomic E-state index is 13.8. The van der Waals surface area contributed by atoms with Crippen molar-refractivity contribution in [3.63, 3.8) is 0 Å². The maximum Gasteiger partial charge on any atom is 0.257 e. The lowest BCUT2D eigenvalue weighted by atomic mass is 10.1. The van der Waals surface area contributed by atoms with Gasteiger partial charge in [-0.2, -0.15) is 4.39 Å². The van der Waals surface area contributed by atoms with Gasteiger partial charge in [0, 0.05) is 25.2 Å². The van der Waals surface area contributed by atoms with Gasteiger partial charge in [0.25, 0.3) is 5.91 Å². The Morgan fingerprint density at radius 2 is 2.00 bits per heavy atom. The number of aromatic hydroxyl groups is 1. The molecule has 0 aromatic heterocycles. The average molecular weight is 288 g/mol. The summed E-state index contributed by atoms with van der Waals surface area (Å²) in [5.41, 5.74) is -0.664. The molecule has 2 unspecified atom stereocenters. The summed E-state index contributed by atoms with van der Waals surface area (Å²) in [6, 6.07) is 0.275. The number of phenols is 1. The number of carbonyl (C=O) groups excluding carboxylic acids is 1. The van der Waals surface area contributed by atoms with Crippen molar-refractivity contribution in [2.24, 2.45) is 0 Å². The number of rotatable bonds is 1. The van der Waals surface area contributed by atoms with E-state index < -0.39 is 34.7 Å². The molecule has 0 spiro atoms. The number of hydrogen-bond donors (Lipinski definition) is 2. The molecule has 1 saturated heterocycles. The Hall–Kier alpha value is -1.76. The standard InChI is InChI=1S/C13H15F3N2O2/c1-6-5-18(7(2)4-17-6)13(20)8-3-9(14)11(16)12(19)10(8)15/h3,6-7,17,19H,4-5H2,1-2H3. The van der Waals surface area contributed by atoms with Crippen LogP contribution >= 0.6 is 0 Å². The van der Waals surface area contributed by atoms with Gasteiger partial charge >= 0.3 is 0 Å². The number of carbonyl (C=O) groups is 1. The molecule has 0 radical (unpaired) electrons. The largest absolute Gasteiger partial charge is 0.503 e. The minimum absolute atomic E-state index is 0.0112. The zero-order chi connectivity index (χ0) is 15.0. The van der Waals surface area contributed by atoms with E-state index in [-0.39, 0.29) is 12.1 Å². The van der Waals surface area contributed by atoms with Crippen LogP contribution in [-0.4, -0.2) is 41.1 Å². The van der Waals surface area contributed by atoms with Gasteiger partial charge in [-0.3, -0.25) is 4.79 Å². The Labute approximate surface area is 114 Å². The molecule has 1 amide bonds. The van der Waals surface area contributed by atoms with Crippen LogP contribution in [0.5, 0.6) is 5.75 Å². The summed E-state index contributed by atoms with van der Waals surface area (Å²) < 4.78 is 40.0. The molecule has 1 aromatic rings. The van der Waals surface area contributed by atoms with Gasteiger partial charge in [0.1, 0.15) is 0 Å². The van der Waals surface area contributed by atoms with Crippen LogP contribution in [0, 0.1) is 17.5 Å². The van der Waals surface area contributed by atoms with Gasteiger partial charge in [0.2, 0.25) is 5.82 Å². The number of amides is 1. The number of halogens is 3. The predicted octanol–water partition coefficient (Wildman–Crippen LogP) is 1.63. The Balaban J connectivity index is 2.38. The number of benzene rings is 1. The zero-order valence-electron chi connectivity index (χ0n) is 11.1. The highest BCUT2D eigenvalue weighted by Gasteiger charge is 2.31. The second kappa shape index (κ2) is 5.32. The maximum atomic E-state index is 13.8. The fraction of sp³-hybridized carbons (Fsp3) is 0.462. The van der Waals surface area contributed by atoms with Crippen LogP contribution in [0.4, 0.5) is 13.2 Å². The first-order valence-electron chi connectivity index (χ1n) is 6.23. The smallest absolute Gasteiger partial charge is 0.257 e. The number of nitrogens with zero attached hydrogens (tertiary/aromatic N) is 1. The first-order valence-corrected chi connectivity index (χ1v) is 6.23. The fourth-order valence-corrected chi connectivity index (χ4v) is 2.21. The van der Waals surface area contributed by atoms with Crippen LogP contribution < -0.4 is 5.32 Å². The third-order valence-electron chi connectivity index (χ3n) is 3.39. The topological polar surface area (TPSA) is 52.6 Å². The van der Waals surface area contributed by atoms with Gasteiger partial charge < -0.3 is 15.3 Å². The summed E-state index contributed by atoms with van der Waals surface area (Å²) in [6.45, 7) is 4.45. The normalized spacial score (nSPS) is 22.9. The Morgan fingerprint density at radius 3 is 2.65 bits per heavy atom. The van der Waals surface area contributed by atoms with Crippen LogP contribution in [0.15, 0.2) is 6.07 Å². The summed E-state index contributed by atoms with van der Waals surface area (Å²) in [5.74, 6) is -6.82. The molecule has 0 saturated carbocycles. The molecule has 1 aliphatic rings. The fourth-order valence-electron chi connectivity index (χ4n) is 2.21. The molecule has 0 bridgehead atoms. The molecule has 0 aliphatic carbocycles. The number of piperazine rings is 1. The molecule has 1 heterocycles. The van der Waals surface area contributed by atoms with Crippen molar-refractivity contribution >= 4 is 5.91 Å². The first kappa shape index (κ1) is 14.6. The minimum atomic E-state index is -1.69. The molecule has 2 N–H and O–H groups in total. The van der Waals surface area contributed by atoms with Crippen LogP contribution in [0.1, 0.15) is 24.2 Å². The molecule has 7 heteroatoms. The molecule has 2 atom stereocenters. The Bertz CT molecular complexity index is 551. The van der Waals surface area contributed by atoms with Gasteiger partial charge in [0.05, 0.1) is 5.56 Å². The van der Waals surface area contributed by atoms with E-state index >= 15 is 0 Å². The third-order valence-corrected chi connectivity index (χ3v) is 3.39. The van der Waals surface area contributed by atoms with E-state index in [1.54, 1.807) is 6.92 Å². The zero-order valence-corrected chi connectivity index (χ0v) is 11.1. The van der Waals surface area contributed by atoms with Gasteiger partial charge in [-0.15, -0.1) is 0 Å². The van der Waals surface area contributed by atoms with Gasteiger partial charge in [-0.25, -0.2) is 8.78 Å². The minimum Gasteiger partial charge on any atom is -0.503 e. The highest BCUT2D eigenvalue weighted by Crippen LogP contribution is 2.27. The Morgan fingerprint density at radius 1 is 1.35 bits per heavy atom. The van der Waals surface area contributed by atoms with E-state index in [2.05, 4.69) is 5.32 Å². The highest BCUT2D eigenvalue weighted by molar-refractivity contribution is 5.95. The lowest BCUT2D eigenvalue weighted by Crippen LogP contribution is -2.56. The quantitative estimate of drug-likeness (QED) is 0.772. The molecule has 1 aliphatic heterocycles. The Kier molecular flexibility index (Phi) is 3.89. The van der Waals surface area contributed by atoms with Crippen LogP contribution in [0.25, 0.3) is 0 Å². The molecule has 4 nitrogen and oxygen atoms in total. The summed E-state index contributed by atoms with van der Waals surface area (Å²) in [6.07, 6.45) is 0. The molecule has 110 valence electrons. The summed E-state index contributed by atoms with van der Waals surface area (Å²) in [5, 5.41) is 12.3. The van der Waals surface area contributed by atoms with Gasteiger partial charge in [-0.05, 0) is 19.9 Å². The van der Waals surface area contributed by atoms with E-state index in [0.29, 0.717) is 19.2 Å². The molecular formula is C13H15F3N2O2. The molecule has 1 aromatic carbocycles. The SMILES string of the molecule is CC1CN(C(=O)c2cc(F)c(F)c(O)c2F)C(C)CN1. The first-order chi connectivity index (χ1) is 9.32. The van der Waals surface area contributed by atoms with Crippen molar-refractivity contribution in [3.05, 3.63) is 29.1 Å². The van der Waals surface area contributed by atoms with Crippen molar-refractivity contribution in [1.82, 2.24) is 10.2 Å². The van der Waals surface area contributed by atoms with Crippen LogP contribution in [0.2, 0.25) is 0 Å². The molecule has 1 fully saturated rings. The second-order valence-electron chi connectivity index (χ2n) is 5.00. The predicted molar refractivity (Wildman–Crippen MR) is 65.9 cm³/mol. The van der Waals surface area contributed by atoms with Crippen molar-refractivity contribution in [3.8, 4) is 5.75 Å². The van der Waals surface area contributed by atoms with E-state index in [0.717, 1.165) is 0 Å². The summed E-state index contributed by atoms with van der Waals surface area (Å²) >= 11 is 0. The molecular weight excluding hydrogens is 273 g/mol. The average Bonchev–Trinajstić information content (AvgIpc) is 2.42. The third kappa shape index (κ3) is 2.45. The van der Waals surface area contributed by atoms with Crippen molar-refractivity contribution in [2.75, 3.05) is 13.1 Å². The van der Waals surface area contributed by atoms with Crippen molar-refractivity contribution < 1.29 is 23.1 Å². The lowest BCUT2D eigenvalue weighted by molar-refractivity contribution is 0.0609. The van der Waals surface area contributed by atoms with Gasteiger partial charge in [-0.1, -0.05) is 0 Å². The lowest BCUT2D eigenvalue weighted by Gasteiger charge is -2.37. The number of hydrogen-bond acceptors (Lipinski definition) is 3. The van der Waals surface area contributed by atoms with E-state index in [9.17, 15) is 18.0 Å². The van der Waals surface area contributed by atoms with E-state index in [1.807, 2.05) is 6.92 Å². The second-order valence-corrected chi connectivity index (χ2v) is 5.00. The summed E-state index contributed by atoms with van der Waals surface area (Å²) in [4.78, 5) is 13.6. The molecule has 2 rings (SSSR count). The molecule has 20 heavy (non-hydrogen) atoms. The van der Waals surface area contributed by atoms with Crippen molar-refractivity contribution in [2.45, 2.75) is 25.9 Å². The number of nitrogens with one attached hydrogen (secondary N) is 1. The monoisotopic (exact) mass is 288 g/mol. The summed E-state index contributed by atoms with van der Waals surface area (Å²) in [7, 11) is 0. The number of phenolic OH excluding ortho intramolecular Hbond substituents is 1. The van der Waals surface area contributed by atoms with Crippen molar-refractivity contribution in [1.29, 1.82) is 0 Å². The van der Waals surface area contributed by atoms with Gasteiger partial charge in [0.15, 0.2) is 17.4 Å². The van der Waals surface area contributed by atoms with Crippen LogP contribution in [-0.2, 0) is 0 Å².